The van der Waals surface area contributed by atoms with E-state index < -0.39 is 0 Å². The fraction of sp³-hybridized carbons (Fsp3) is 0.333. The zero-order valence-electron chi connectivity index (χ0n) is 15.3. The number of benzene rings is 2. The number of hydrogen-bond donors (Lipinski definition) is 0. The molecule has 1 fully saturated rings. The van der Waals surface area contributed by atoms with Crippen LogP contribution in [-0.4, -0.2) is 42.3 Å². The van der Waals surface area contributed by atoms with Gasteiger partial charge in [-0.05, 0) is 41.8 Å². The van der Waals surface area contributed by atoms with Crippen molar-refractivity contribution in [2.75, 3.05) is 20.7 Å². The standard InChI is InChI=1S/C21H24N2O3/c1-22(14-17-5-3-6-19(13-17)26-2)21(25)18-10-8-16(9-11-18)15-23-12-4-7-20(23)24/h3,5-6,8-11,13H,4,7,12,14-15H2,1-2H3. The molecule has 0 bridgehead atoms. The monoisotopic (exact) mass is 352 g/mol. The van der Waals surface area contributed by atoms with E-state index in [4.69, 9.17) is 4.74 Å². The van der Waals surface area contributed by atoms with Crippen LogP contribution in [0.2, 0.25) is 0 Å². The minimum Gasteiger partial charge on any atom is -0.497 e. The number of hydrogen-bond acceptors (Lipinski definition) is 3. The second kappa shape index (κ2) is 8.04. The number of ether oxygens (including phenoxy) is 1. The number of likely N-dealkylation sites (tertiary alicyclic amines) is 1. The Bertz CT molecular complexity index is 786. The smallest absolute Gasteiger partial charge is 0.253 e. The van der Waals surface area contributed by atoms with Gasteiger partial charge in [-0.25, -0.2) is 0 Å². The molecule has 1 aliphatic heterocycles. The molecule has 0 radical (unpaired) electrons. The molecule has 1 aliphatic rings. The summed E-state index contributed by atoms with van der Waals surface area (Å²) in [7, 11) is 3.42. The van der Waals surface area contributed by atoms with Crippen LogP contribution in [0.3, 0.4) is 0 Å². The number of carbonyl (C=O) groups excluding carboxylic acids is 2. The number of amides is 2. The zero-order valence-corrected chi connectivity index (χ0v) is 15.3. The summed E-state index contributed by atoms with van der Waals surface area (Å²) in [5, 5.41) is 0. The van der Waals surface area contributed by atoms with Gasteiger partial charge in [-0.15, -0.1) is 0 Å². The van der Waals surface area contributed by atoms with Gasteiger partial charge in [-0.1, -0.05) is 24.3 Å². The van der Waals surface area contributed by atoms with E-state index in [9.17, 15) is 9.59 Å². The molecular weight excluding hydrogens is 328 g/mol. The number of carbonyl (C=O) groups is 2. The molecule has 0 unspecified atom stereocenters. The van der Waals surface area contributed by atoms with Crippen LogP contribution in [0.4, 0.5) is 0 Å². The van der Waals surface area contributed by atoms with Crippen LogP contribution >= 0.6 is 0 Å². The minimum atomic E-state index is -0.0309. The summed E-state index contributed by atoms with van der Waals surface area (Å²) < 4.78 is 5.23. The number of nitrogens with zero attached hydrogens (tertiary/aromatic N) is 2. The third-order valence-corrected chi connectivity index (χ3v) is 4.65. The first-order valence-corrected chi connectivity index (χ1v) is 8.82. The summed E-state index contributed by atoms with van der Waals surface area (Å²) >= 11 is 0. The Kier molecular flexibility index (Phi) is 5.56. The molecule has 26 heavy (non-hydrogen) atoms. The maximum Gasteiger partial charge on any atom is 0.253 e. The van der Waals surface area contributed by atoms with Crippen molar-refractivity contribution >= 4 is 11.8 Å². The lowest BCUT2D eigenvalue weighted by Crippen LogP contribution is -2.26. The Labute approximate surface area is 154 Å². The minimum absolute atomic E-state index is 0.0309. The van der Waals surface area contributed by atoms with Crippen LogP contribution in [0.15, 0.2) is 48.5 Å². The molecule has 3 rings (SSSR count). The zero-order chi connectivity index (χ0) is 18.5. The lowest BCUT2D eigenvalue weighted by atomic mass is 10.1. The predicted octanol–water partition coefficient (Wildman–Crippen LogP) is 3.09. The molecule has 2 aromatic carbocycles. The van der Waals surface area contributed by atoms with Crippen LogP contribution in [0.25, 0.3) is 0 Å². The molecule has 5 heteroatoms. The summed E-state index contributed by atoms with van der Waals surface area (Å²) in [5.41, 5.74) is 2.71. The lowest BCUT2D eigenvalue weighted by Gasteiger charge is -2.19. The summed E-state index contributed by atoms with van der Waals surface area (Å²) in [6.45, 7) is 1.95. The van der Waals surface area contributed by atoms with Crippen molar-refractivity contribution in [1.82, 2.24) is 9.80 Å². The van der Waals surface area contributed by atoms with Crippen molar-refractivity contribution in [3.05, 3.63) is 65.2 Å². The van der Waals surface area contributed by atoms with Crippen molar-refractivity contribution in [3.8, 4) is 5.75 Å². The summed E-state index contributed by atoms with van der Waals surface area (Å²) in [5.74, 6) is 0.962. The first kappa shape index (κ1) is 18.0. The molecule has 0 aliphatic carbocycles. The molecule has 0 spiro atoms. The lowest BCUT2D eigenvalue weighted by molar-refractivity contribution is -0.128. The van der Waals surface area contributed by atoms with Gasteiger partial charge >= 0.3 is 0 Å². The van der Waals surface area contributed by atoms with Crippen LogP contribution in [-0.2, 0) is 17.9 Å². The van der Waals surface area contributed by atoms with E-state index in [0.29, 0.717) is 25.1 Å². The van der Waals surface area contributed by atoms with Gasteiger partial charge in [0.05, 0.1) is 7.11 Å². The first-order chi connectivity index (χ1) is 12.6. The molecule has 1 saturated heterocycles. The highest BCUT2D eigenvalue weighted by molar-refractivity contribution is 5.94. The number of methoxy groups -OCH3 is 1. The molecule has 2 aromatic rings. The average Bonchev–Trinajstić information content (AvgIpc) is 3.06. The van der Waals surface area contributed by atoms with Gasteiger partial charge in [0.15, 0.2) is 0 Å². The maximum atomic E-state index is 12.6. The third kappa shape index (κ3) is 4.23. The van der Waals surface area contributed by atoms with Gasteiger partial charge in [0, 0.05) is 38.7 Å². The SMILES string of the molecule is COc1cccc(CN(C)C(=O)c2ccc(CN3CCCC3=O)cc2)c1. The van der Waals surface area contributed by atoms with E-state index in [1.54, 1.807) is 19.1 Å². The maximum absolute atomic E-state index is 12.6. The van der Waals surface area contributed by atoms with E-state index in [-0.39, 0.29) is 11.8 Å². The molecule has 0 saturated carbocycles. The molecule has 136 valence electrons. The van der Waals surface area contributed by atoms with E-state index in [2.05, 4.69) is 0 Å². The normalized spacial score (nSPS) is 13.8. The Morgan fingerprint density at radius 1 is 1.15 bits per heavy atom. The Morgan fingerprint density at radius 2 is 1.92 bits per heavy atom. The van der Waals surface area contributed by atoms with Crippen LogP contribution in [0.1, 0.15) is 34.3 Å². The van der Waals surface area contributed by atoms with Gasteiger partial charge in [0.1, 0.15) is 5.75 Å². The average molecular weight is 352 g/mol. The van der Waals surface area contributed by atoms with E-state index >= 15 is 0 Å². The van der Waals surface area contributed by atoms with Gasteiger partial charge in [0.2, 0.25) is 5.91 Å². The molecule has 0 atom stereocenters. The van der Waals surface area contributed by atoms with E-state index in [0.717, 1.165) is 29.8 Å². The Balaban J connectivity index is 1.62. The predicted molar refractivity (Wildman–Crippen MR) is 99.9 cm³/mol. The summed E-state index contributed by atoms with van der Waals surface area (Å²) in [4.78, 5) is 27.9. The molecule has 0 N–H and O–H groups in total. The molecule has 5 nitrogen and oxygen atoms in total. The quantitative estimate of drug-likeness (QED) is 0.803. The molecule has 0 aromatic heterocycles. The first-order valence-electron chi connectivity index (χ1n) is 8.82. The largest absolute Gasteiger partial charge is 0.497 e. The highest BCUT2D eigenvalue weighted by atomic mass is 16.5. The number of rotatable bonds is 6. The fourth-order valence-corrected chi connectivity index (χ4v) is 3.18. The Morgan fingerprint density at radius 3 is 2.58 bits per heavy atom. The van der Waals surface area contributed by atoms with Crippen molar-refractivity contribution in [2.45, 2.75) is 25.9 Å². The molecule has 2 amide bonds. The fourth-order valence-electron chi connectivity index (χ4n) is 3.18. The Hall–Kier alpha value is -2.82. The van der Waals surface area contributed by atoms with Gasteiger partial charge in [-0.3, -0.25) is 9.59 Å². The van der Waals surface area contributed by atoms with Crippen molar-refractivity contribution < 1.29 is 14.3 Å². The van der Waals surface area contributed by atoms with Crippen molar-refractivity contribution in [3.63, 3.8) is 0 Å². The van der Waals surface area contributed by atoms with E-state index in [1.165, 1.54) is 0 Å². The highest BCUT2D eigenvalue weighted by Crippen LogP contribution is 2.17. The van der Waals surface area contributed by atoms with Gasteiger partial charge < -0.3 is 14.5 Å². The van der Waals surface area contributed by atoms with Crippen LogP contribution in [0.5, 0.6) is 5.75 Å². The second-order valence-electron chi connectivity index (χ2n) is 6.63. The van der Waals surface area contributed by atoms with Crippen LogP contribution in [0, 0.1) is 0 Å². The van der Waals surface area contributed by atoms with Gasteiger partial charge in [0.25, 0.3) is 5.91 Å². The highest BCUT2D eigenvalue weighted by Gasteiger charge is 2.20. The molecule has 1 heterocycles. The van der Waals surface area contributed by atoms with Gasteiger partial charge in [-0.2, -0.15) is 0 Å². The summed E-state index contributed by atoms with van der Waals surface area (Å²) in [6, 6.07) is 15.2. The van der Waals surface area contributed by atoms with E-state index in [1.807, 2.05) is 53.4 Å². The molecular formula is C21H24N2O3. The van der Waals surface area contributed by atoms with Crippen molar-refractivity contribution in [1.29, 1.82) is 0 Å². The summed E-state index contributed by atoms with van der Waals surface area (Å²) in [6.07, 6.45) is 1.58. The topological polar surface area (TPSA) is 49.9 Å². The van der Waals surface area contributed by atoms with Crippen LogP contribution < -0.4 is 4.74 Å². The second-order valence-corrected chi connectivity index (χ2v) is 6.63. The van der Waals surface area contributed by atoms with Crippen molar-refractivity contribution in [2.24, 2.45) is 0 Å². The third-order valence-electron chi connectivity index (χ3n) is 4.65.